The van der Waals surface area contributed by atoms with Gasteiger partial charge in [-0.15, -0.1) is 0 Å². The number of hydrogen-bond acceptors (Lipinski definition) is 3. The summed E-state index contributed by atoms with van der Waals surface area (Å²) in [4.78, 5) is 2.26. The highest BCUT2D eigenvalue weighted by molar-refractivity contribution is 6.53. The van der Waals surface area contributed by atoms with E-state index in [-0.39, 0.29) is 11.4 Å². The van der Waals surface area contributed by atoms with E-state index in [4.69, 9.17) is 10.8 Å². The molecule has 0 unspecified atom stereocenters. The zero-order chi connectivity index (χ0) is 23.8. The van der Waals surface area contributed by atoms with Gasteiger partial charge in [0, 0.05) is 22.6 Å². The van der Waals surface area contributed by atoms with Gasteiger partial charge in [0.1, 0.15) is 0 Å². The molecule has 1 aliphatic carbocycles. The molecule has 0 amide bonds. The van der Waals surface area contributed by atoms with Crippen LogP contribution >= 0.6 is 0 Å². The molecule has 0 bridgehead atoms. The molecule has 0 saturated heterocycles. The van der Waals surface area contributed by atoms with E-state index < -0.39 is 0 Å². The Hall–Kier alpha value is -4.76. The molecule has 3 nitrogen and oxygen atoms in total. The van der Waals surface area contributed by atoms with Crippen molar-refractivity contribution in [1.29, 1.82) is 10.8 Å². The average Bonchev–Trinajstić information content (AvgIpc) is 2.92. The van der Waals surface area contributed by atoms with Gasteiger partial charge in [-0.2, -0.15) is 0 Å². The van der Waals surface area contributed by atoms with E-state index in [9.17, 15) is 0 Å². The molecule has 0 aromatic heterocycles. The van der Waals surface area contributed by atoms with Crippen LogP contribution in [0, 0.1) is 10.8 Å². The normalized spacial score (nSPS) is 12.6. The Labute approximate surface area is 204 Å². The predicted octanol–water partition coefficient (Wildman–Crippen LogP) is 8.39. The van der Waals surface area contributed by atoms with Crippen LogP contribution in [0.4, 0.5) is 17.1 Å². The maximum Gasteiger partial charge on any atom is 0.0873 e. The molecular formula is C32H23N3. The van der Waals surface area contributed by atoms with Gasteiger partial charge in [0.05, 0.1) is 11.4 Å². The van der Waals surface area contributed by atoms with Crippen LogP contribution in [0.2, 0.25) is 0 Å². The lowest BCUT2D eigenvalue weighted by molar-refractivity contribution is 1.29. The van der Waals surface area contributed by atoms with Crippen molar-refractivity contribution in [1.82, 2.24) is 0 Å². The van der Waals surface area contributed by atoms with Crippen molar-refractivity contribution in [3.63, 3.8) is 0 Å². The first-order valence-electron chi connectivity index (χ1n) is 11.6. The van der Waals surface area contributed by atoms with E-state index >= 15 is 0 Å². The molecule has 0 radical (unpaired) electrons. The monoisotopic (exact) mass is 449 g/mol. The Kier molecular flexibility index (Phi) is 5.08. The van der Waals surface area contributed by atoms with Crippen molar-refractivity contribution < 1.29 is 0 Å². The quantitative estimate of drug-likeness (QED) is 0.284. The molecule has 3 heteroatoms. The molecular weight excluding hydrogens is 426 g/mol. The molecule has 1 aliphatic rings. The van der Waals surface area contributed by atoms with Crippen molar-refractivity contribution in [2.24, 2.45) is 0 Å². The molecule has 166 valence electrons. The average molecular weight is 450 g/mol. The highest BCUT2D eigenvalue weighted by Gasteiger charge is 2.19. The summed E-state index contributed by atoms with van der Waals surface area (Å²) in [5.74, 6) is 0. The van der Waals surface area contributed by atoms with Gasteiger partial charge in [-0.05, 0) is 69.9 Å². The summed E-state index contributed by atoms with van der Waals surface area (Å²) in [5, 5.41) is 18.6. The molecule has 0 saturated carbocycles. The standard InChI is InChI=1S/C32H23N3/c33-30-19-16-23-14-15-25-21-28(17-18-29(25)31(23)32(30)34)35(26-11-5-2-6-12-26)27-13-7-10-24(20-27)22-8-3-1-4-9-22/h1-21,33-34H. The Morgan fingerprint density at radius 3 is 2.00 bits per heavy atom. The fourth-order valence-electron chi connectivity index (χ4n) is 4.76. The van der Waals surface area contributed by atoms with E-state index in [0.717, 1.165) is 44.5 Å². The first kappa shape index (κ1) is 20.8. The van der Waals surface area contributed by atoms with Crippen LogP contribution in [0.15, 0.2) is 121 Å². The van der Waals surface area contributed by atoms with Gasteiger partial charge in [0.25, 0.3) is 0 Å². The number of allylic oxidation sites excluding steroid dienone is 1. The molecule has 35 heavy (non-hydrogen) atoms. The smallest absolute Gasteiger partial charge is 0.0873 e. The molecule has 2 N–H and O–H groups in total. The first-order valence-corrected chi connectivity index (χ1v) is 11.6. The lowest BCUT2D eigenvalue weighted by Gasteiger charge is -2.26. The minimum Gasteiger partial charge on any atom is -0.310 e. The number of rotatable bonds is 4. The summed E-state index contributed by atoms with van der Waals surface area (Å²) in [6.45, 7) is 0. The van der Waals surface area contributed by atoms with Gasteiger partial charge in [-0.3, -0.25) is 10.8 Å². The van der Waals surface area contributed by atoms with E-state index in [1.807, 2.05) is 24.3 Å². The van der Waals surface area contributed by atoms with Gasteiger partial charge in [0.2, 0.25) is 0 Å². The summed E-state index contributed by atoms with van der Waals surface area (Å²) in [7, 11) is 0. The van der Waals surface area contributed by atoms with Crippen LogP contribution in [-0.4, -0.2) is 11.4 Å². The largest absolute Gasteiger partial charge is 0.310 e. The van der Waals surface area contributed by atoms with Crippen LogP contribution < -0.4 is 4.90 Å². The Morgan fingerprint density at radius 2 is 1.20 bits per heavy atom. The van der Waals surface area contributed by atoms with Crippen molar-refractivity contribution in [3.05, 3.63) is 132 Å². The number of nitrogens with one attached hydrogen (secondary N) is 2. The Bertz CT molecular complexity index is 1620. The number of para-hydroxylation sites is 1. The number of anilines is 3. The third-order valence-electron chi connectivity index (χ3n) is 6.47. The highest BCUT2D eigenvalue weighted by Crippen LogP contribution is 2.38. The van der Waals surface area contributed by atoms with Crippen LogP contribution in [-0.2, 0) is 0 Å². The van der Waals surface area contributed by atoms with E-state index in [0.29, 0.717) is 0 Å². The zero-order valence-corrected chi connectivity index (χ0v) is 19.1. The third kappa shape index (κ3) is 3.73. The second-order valence-corrected chi connectivity index (χ2v) is 8.64. The maximum atomic E-state index is 8.48. The first-order chi connectivity index (χ1) is 17.2. The molecule has 5 aromatic rings. The molecule has 0 fully saturated rings. The van der Waals surface area contributed by atoms with Crippen LogP contribution in [0.1, 0.15) is 11.1 Å². The second kappa shape index (κ2) is 8.54. The minimum atomic E-state index is 0.248. The Morgan fingerprint density at radius 1 is 0.514 bits per heavy atom. The van der Waals surface area contributed by atoms with Crippen LogP contribution in [0.25, 0.3) is 28.0 Å². The summed E-state index contributed by atoms with van der Waals surface area (Å²) in [5.41, 5.74) is 7.88. The van der Waals surface area contributed by atoms with Crippen molar-refractivity contribution in [2.45, 2.75) is 0 Å². The molecule has 0 heterocycles. The number of hydrogen-bond donors (Lipinski definition) is 2. The number of nitrogens with zero attached hydrogens (tertiary/aromatic N) is 1. The summed E-state index contributed by atoms with van der Waals surface area (Å²) >= 11 is 0. The lowest BCUT2D eigenvalue weighted by atomic mass is 9.89. The molecule has 0 spiro atoms. The number of benzene rings is 5. The lowest BCUT2D eigenvalue weighted by Crippen LogP contribution is -2.16. The second-order valence-electron chi connectivity index (χ2n) is 8.64. The van der Waals surface area contributed by atoms with E-state index in [1.54, 1.807) is 6.08 Å². The van der Waals surface area contributed by atoms with E-state index in [1.165, 1.54) is 5.56 Å². The van der Waals surface area contributed by atoms with Gasteiger partial charge >= 0.3 is 0 Å². The zero-order valence-electron chi connectivity index (χ0n) is 19.1. The van der Waals surface area contributed by atoms with Crippen LogP contribution in [0.5, 0.6) is 0 Å². The molecule has 0 atom stereocenters. The summed E-state index contributed by atoms with van der Waals surface area (Å²) in [6, 6.07) is 39.9. The van der Waals surface area contributed by atoms with Gasteiger partial charge in [-0.1, -0.05) is 84.9 Å². The summed E-state index contributed by atoms with van der Waals surface area (Å²) in [6.07, 6.45) is 3.62. The van der Waals surface area contributed by atoms with Crippen molar-refractivity contribution in [3.8, 4) is 11.1 Å². The minimum absolute atomic E-state index is 0.248. The molecule has 0 aliphatic heterocycles. The van der Waals surface area contributed by atoms with Crippen molar-refractivity contribution >= 4 is 45.3 Å². The molecule has 5 aromatic carbocycles. The highest BCUT2D eigenvalue weighted by atomic mass is 15.1. The third-order valence-corrected chi connectivity index (χ3v) is 6.47. The van der Waals surface area contributed by atoms with Gasteiger partial charge in [-0.25, -0.2) is 0 Å². The SMILES string of the molecule is N=C1C=Cc2ccc3cc(N(c4ccccc4)c4cccc(-c5ccccc5)c4)ccc3c2C1=N. The topological polar surface area (TPSA) is 50.9 Å². The van der Waals surface area contributed by atoms with Gasteiger partial charge < -0.3 is 4.90 Å². The maximum absolute atomic E-state index is 8.48. The number of fused-ring (bicyclic) bond motifs is 3. The van der Waals surface area contributed by atoms with Gasteiger partial charge in [0.15, 0.2) is 0 Å². The molecule has 6 rings (SSSR count). The van der Waals surface area contributed by atoms with E-state index in [2.05, 4.69) is 102 Å². The summed E-state index contributed by atoms with van der Waals surface area (Å²) < 4.78 is 0. The fourth-order valence-corrected chi connectivity index (χ4v) is 4.76. The Balaban J connectivity index is 1.52. The fraction of sp³-hybridized carbons (Fsp3) is 0. The van der Waals surface area contributed by atoms with Crippen LogP contribution in [0.3, 0.4) is 0 Å². The predicted molar refractivity (Wildman–Crippen MR) is 148 cm³/mol. The van der Waals surface area contributed by atoms with Crippen molar-refractivity contribution in [2.75, 3.05) is 4.90 Å².